The maximum absolute atomic E-state index is 11.9. The molecule has 5 heteroatoms. The van der Waals surface area contributed by atoms with E-state index in [0.29, 0.717) is 11.7 Å². The van der Waals surface area contributed by atoms with Gasteiger partial charge in [-0.05, 0) is 23.6 Å². The zero-order chi connectivity index (χ0) is 14.8. The van der Waals surface area contributed by atoms with Gasteiger partial charge in [-0.15, -0.1) is 23.1 Å². The largest absolute Gasteiger partial charge is 0.269 e. The minimum absolute atomic E-state index is 0.00740. The molecule has 3 aromatic rings. The minimum atomic E-state index is -0.00740. The van der Waals surface area contributed by atoms with Gasteiger partial charge in [0.25, 0.3) is 5.56 Å². The summed E-state index contributed by atoms with van der Waals surface area (Å²) >= 11 is 3.19. The zero-order valence-corrected chi connectivity index (χ0v) is 13.6. The van der Waals surface area contributed by atoms with Crippen molar-refractivity contribution in [1.82, 2.24) is 9.38 Å². The summed E-state index contributed by atoms with van der Waals surface area (Å²) < 4.78 is 1.58. The van der Waals surface area contributed by atoms with Crippen LogP contribution in [-0.4, -0.2) is 9.38 Å². The van der Waals surface area contributed by atoms with Crippen LogP contribution in [0, 0.1) is 0 Å². The van der Waals surface area contributed by atoms with E-state index < -0.39 is 0 Å². The standard InChI is InChI=1S/C16H16N2OS2/c1-11(2)12-3-5-14(6-4-12)21-10-13-9-15(19)18-7-8-20-16(18)17-13/h3-9,11H,10H2,1-2H3. The van der Waals surface area contributed by atoms with Gasteiger partial charge in [0.15, 0.2) is 4.96 Å². The number of hydrogen-bond donors (Lipinski definition) is 0. The first-order valence-corrected chi connectivity index (χ1v) is 8.68. The number of thiazole rings is 1. The summed E-state index contributed by atoms with van der Waals surface area (Å²) in [5.74, 6) is 1.26. The first-order valence-electron chi connectivity index (χ1n) is 6.82. The Bertz CT molecular complexity index is 803. The molecule has 0 radical (unpaired) electrons. The average Bonchev–Trinajstić information content (AvgIpc) is 2.94. The van der Waals surface area contributed by atoms with Gasteiger partial charge >= 0.3 is 0 Å². The number of rotatable bonds is 4. The van der Waals surface area contributed by atoms with Crippen molar-refractivity contribution >= 4 is 28.1 Å². The van der Waals surface area contributed by atoms with Gasteiger partial charge < -0.3 is 0 Å². The Hall–Kier alpha value is -1.59. The Morgan fingerprint density at radius 2 is 2.05 bits per heavy atom. The highest BCUT2D eigenvalue weighted by atomic mass is 32.2. The number of thioether (sulfide) groups is 1. The van der Waals surface area contributed by atoms with Crippen LogP contribution >= 0.6 is 23.1 Å². The summed E-state index contributed by atoms with van der Waals surface area (Å²) in [5.41, 5.74) is 2.17. The molecule has 0 saturated carbocycles. The van der Waals surface area contributed by atoms with Gasteiger partial charge in [0.1, 0.15) is 0 Å². The van der Waals surface area contributed by atoms with Crippen molar-refractivity contribution < 1.29 is 0 Å². The second kappa shape index (κ2) is 6.03. The van der Waals surface area contributed by atoms with Gasteiger partial charge in [0.2, 0.25) is 0 Å². The van der Waals surface area contributed by atoms with Crippen LogP contribution in [0.3, 0.4) is 0 Å². The van der Waals surface area contributed by atoms with Crippen molar-refractivity contribution in [2.24, 2.45) is 0 Å². The maximum Gasteiger partial charge on any atom is 0.258 e. The summed E-state index contributed by atoms with van der Waals surface area (Å²) in [4.78, 5) is 18.4. The summed E-state index contributed by atoms with van der Waals surface area (Å²) in [7, 11) is 0. The van der Waals surface area contributed by atoms with Crippen LogP contribution in [0.2, 0.25) is 0 Å². The Labute approximate surface area is 131 Å². The van der Waals surface area contributed by atoms with Crippen molar-refractivity contribution in [3.63, 3.8) is 0 Å². The summed E-state index contributed by atoms with van der Waals surface area (Å²) in [6.07, 6.45) is 1.76. The number of aromatic nitrogens is 2. The predicted octanol–water partition coefficient (Wildman–Crippen LogP) is 4.17. The number of benzene rings is 1. The molecule has 3 nitrogen and oxygen atoms in total. The van der Waals surface area contributed by atoms with Crippen molar-refractivity contribution in [3.05, 3.63) is 63.5 Å². The fraction of sp³-hybridized carbons (Fsp3) is 0.250. The van der Waals surface area contributed by atoms with E-state index in [1.54, 1.807) is 28.4 Å². The van der Waals surface area contributed by atoms with Crippen LogP contribution in [0.1, 0.15) is 31.0 Å². The molecule has 1 aromatic carbocycles. The summed E-state index contributed by atoms with van der Waals surface area (Å²) in [5, 5.41) is 1.88. The van der Waals surface area contributed by atoms with Gasteiger partial charge in [0, 0.05) is 28.3 Å². The molecule has 0 aliphatic carbocycles. The number of fused-ring (bicyclic) bond motifs is 1. The van der Waals surface area contributed by atoms with Crippen LogP contribution < -0.4 is 5.56 Å². The SMILES string of the molecule is CC(C)c1ccc(SCc2cc(=O)n3ccsc3n2)cc1. The molecule has 0 saturated heterocycles. The van der Waals surface area contributed by atoms with Crippen molar-refractivity contribution in [3.8, 4) is 0 Å². The van der Waals surface area contributed by atoms with E-state index in [2.05, 4.69) is 43.1 Å². The molecule has 0 aliphatic rings. The second-order valence-electron chi connectivity index (χ2n) is 5.15. The Kier molecular flexibility index (Phi) is 4.12. The van der Waals surface area contributed by atoms with Gasteiger partial charge in [-0.25, -0.2) is 4.98 Å². The third-order valence-corrected chi connectivity index (χ3v) is 5.09. The highest BCUT2D eigenvalue weighted by Crippen LogP contribution is 2.24. The highest BCUT2D eigenvalue weighted by Gasteiger charge is 2.05. The molecule has 0 N–H and O–H groups in total. The summed E-state index contributed by atoms with van der Waals surface area (Å²) in [6, 6.07) is 10.2. The second-order valence-corrected chi connectivity index (χ2v) is 7.08. The van der Waals surface area contributed by atoms with E-state index in [-0.39, 0.29) is 5.56 Å². The quantitative estimate of drug-likeness (QED) is 0.677. The maximum atomic E-state index is 11.9. The van der Waals surface area contributed by atoms with Crippen LogP contribution in [0.5, 0.6) is 0 Å². The van der Waals surface area contributed by atoms with Crippen molar-refractivity contribution in [2.75, 3.05) is 0 Å². The average molecular weight is 316 g/mol. The Morgan fingerprint density at radius 3 is 2.76 bits per heavy atom. The lowest BCUT2D eigenvalue weighted by atomic mass is 10.0. The third-order valence-electron chi connectivity index (χ3n) is 3.29. The van der Waals surface area contributed by atoms with Crippen molar-refractivity contribution in [1.29, 1.82) is 0 Å². The molecular weight excluding hydrogens is 300 g/mol. The first kappa shape index (κ1) is 14.4. The summed E-state index contributed by atoms with van der Waals surface area (Å²) in [6.45, 7) is 4.38. The van der Waals surface area contributed by atoms with Crippen LogP contribution in [-0.2, 0) is 5.75 Å². The Balaban J connectivity index is 1.75. The topological polar surface area (TPSA) is 34.4 Å². The molecule has 0 spiro atoms. The molecule has 2 aromatic heterocycles. The monoisotopic (exact) mass is 316 g/mol. The molecule has 2 heterocycles. The van der Waals surface area contributed by atoms with Gasteiger partial charge in [-0.1, -0.05) is 26.0 Å². The molecule has 21 heavy (non-hydrogen) atoms. The highest BCUT2D eigenvalue weighted by molar-refractivity contribution is 7.98. The van der Waals surface area contributed by atoms with E-state index in [1.807, 2.05) is 5.38 Å². The van der Waals surface area contributed by atoms with Crippen LogP contribution in [0.15, 0.2) is 51.6 Å². The van der Waals surface area contributed by atoms with E-state index >= 15 is 0 Å². The van der Waals surface area contributed by atoms with Gasteiger partial charge in [0.05, 0.1) is 5.69 Å². The lowest BCUT2D eigenvalue weighted by Crippen LogP contribution is -2.12. The van der Waals surface area contributed by atoms with Crippen LogP contribution in [0.25, 0.3) is 4.96 Å². The molecule has 0 bridgehead atoms. The fourth-order valence-corrected chi connectivity index (χ4v) is 3.60. The molecule has 108 valence electrons. The minimum Gasteiger partial charge on any atom is -0.269 e. The Morgan fingerprint density at radius 1 is 1.29 bits per heavy atom. The zero-order valence-electron chi connectivity index (χ0n) is 11.9. The lowest BCUT2D eigenvalue weighted by molar-refractivity contribution is 0.865. The smallest absolute Gasteiger partial charge is 0.258 e. The molecular formula is C16H16N2OS2. The van der Waals surface area contributed by atoms with Gasteiger partial charge in [-0.3, -0.25) is 9.20 Å². The number of hydrogen-bond acceptors (Lipinski definition) is 4. The van der Waals surface area contributed by atoms with E-state index in [1.165, 1.54) is 21.8 Å². The number of nitrogens with zero attached hydrogens (tertiary/aromatic N) is 2. The third kappa shape index (κ3) is 3.19. The van der Waals surface area contributed by atoms with E-state index in [9.17, 15) is 4.79 Å². The normalized spacial score (nSPS) is 11.4. The first-order chi connectivity index (χ1) is 10.1. The molecule has 0 fully saturated rings. The van der Waals surface area contributed by atoms with Crippen LogP contribution in [0.4, 0.5) is 0 Å². The predicted molar refractivity (Wildman–Crippen MR) is 89.4 cm³/mol. The molecule has 0 atom stereocenters. The molecule has 0 aliphatic heterocycles. The van der Waals surface area contributed by atoms with E-state index in [0.717, 1.165) is 10.7 Å². The molecule has 0 amide bonds. The van der Waals surface area contributed by atoms with E-state index in [4.69, 9.17) is 0 Å². The molecule has 3 rings (SSSR count). The van der Waals surface area contributed by atoms with Gasteiger partial charge in [-0.2, -0.15) is 0 Å². The van der Waals surface area contributed by atoms with Crippen molar-refractivity contribution in [2.45, 2.75) is 30.4 Å². The lowest BCUT2D eigenvalue weighted by Gasteiger charge is -2.06. The molecule has 0 unspecified atom stereocenters. The fourth-order valence-electron chi connectivity index (χ4n) is 2.07.